The van der Waals surface area contributed by atoms with Gasteiger partial charge in [-0.15, -0.1) is 0 Å². The summed E-state index contributed by atoms with van der Waals surface area (Å²) in [7, 11) is 0. The fourth-order valence-electron chi connectivity index (χ4n) is 1.80. The Labute approximate surface area is 124 Å². The lowest BCUT2D eigenvalue weighted by molar-refractivity contribution is -0.137. The predicted octanol–water partition coefficient (Wildman–Crippen LogP) is 4.26. The van der Waals surface area contributed by atoms with E-state index in [-0.39, 0.29) is 10.8 Å². The van der Waals surface area contributed by atoms with Gasteiger partial charge in [0.1, 0.15) is 5.82 Å². The number of nitrogens with zero attached hydrogens (tertiary/aromatic N) is 1. The number of nitrogens with one attached hydrogen (secondary N) is 1. The van der Waals surface area contributed by atoms with Crippen LogP contribution < -0.4 is 11.1 Å². The highest BCUT2D eigenvalue weighted by Crippen LogP contribution is 2.32. The highest BCUT2D eigenvalue weighted by molar-refractivity contribution is 6.32. The van der Waals surface area contributed by atoms with Crippen molar-refractivity contribution in [3.8, 4) is 0 Å². The van der Waals surface area contributed by atoms with Gasteiger partial charge in [-0.05, 0) is 30.2 Å². The Balaban J connectivity index is 2.16. The smallest absolute Gasteiger partial charge is 0.399 e. The molecule has 21 heavy (non-hydrogen) atoms. The van der Waals surface area contributed by atoms with Gasteiger partial charge in [-0.25, -0.2) is 4.98 Å². The van der Waals surface area contributed by atoms with E-state index in [9.17, 15) is 13.2 Å². The van der Waals surface area contributed by atoms with E-state index in [1.165, 1.54) is 0 Å². The second-order valence-corrected chi connectivity index (χ2v) is 4.94. The largest absolute Gasteiger partial charge is 0.417 e. The fourth-order valence-corrected chi connectivity index (χ4v) is 2.03. The predicted molar refractivity (Wildman–Crippen MR) is 77.2 cm³/mol. The second-order valence-electron chi connectivity index (χ2n) is 4.54. The molecule has 2 aromatic rings. The van der Waals surface area contributed by atoms with E-state index >= 15 is 0 Å². The molecule has 0 bridgehead atoms. The minimum atomic E-state index is -4.46. The number of benzene rings is 1. The van der Waals surface area contributed by atoms with E-state index in [1.807, 2.05) is 13.0 Å². The molecule has 2 rings (SSSR count). The molecule has 0 aliphatic heterocycles. The normalized spacial score (nSPS) is 11.5. The van der Waals surface area contributed by atoms with Gasteiger partial charge in [0.25, 0.3) is 0 Å². The van der Waals surface area contributed by atoms with Crippen molar-refractivity contribution in [1.82, 2.24) is 4.98 Å². The Bertz CT molecular complexity index is 656. The molecule has 0 aliphatic carbocycles. The zero-order valence-electron chi connectivity index (χ0n) is 11.1. The van der Waals surface area contributed by atoms with Crippen LogP contribution in [0.15, 0.2) is 30.5 Å². The van der Waals surface area contributed by atoms with Gasteiger partial charge in [-0.3, -0.25) is 0 Å². The van der Waals surface area contributed by atoms with Crippen LogP contribution in [-0.4, -0.2) is 4.98 Å². The first-order chi connectivity index (χ1) is 9.79. The lowest BCUT2D eigenvalue weighted by Crippen LogP contribution is -2.08. The molecule has 3 nitrogen and oxygen atoms in total. The summed E-state index contributed by atoms with van der Waals surface area (Å²) in [4.78, 5) is 3.72. The maximum atomic E-state index is 12.5. The van der Waals surface area contributed by atoms with Gasteiger partial charge in [-0.1, -0.05) is 23.7 Å². The Kier molecular flexibility index (Phi) is 4.27. The molecule has 0 unspecified atom stereocenters. The molecule has 0 radical (unpaired) electrons. The van der Waals surface area contributed by atoms with E-state index in [1.54, 1.807) is 12.1 Å². The van der Waals surface area contributed by atoms with Gasteiger partial charge in [0, 0.05) is 18.4 Å². The molecule has 1 aromatic heterocycles. The number of halogens is 4. The van der Waals surface area contributed by atoms with E-state index < -0.39 is 11.7 Å². The Morgan fingerprint density at radius 3 is 2.67 bits per heavy atom. The number of rotatable bonds is 3. The molecule has 0 saturated heterocycles. The number of hydrogen-bond acceptors (Lipinski definition) is 3. The van der Waals surface area contributed by atoms with Gasteiger partial charge < -0.3 is 11.1 Å². The first-order valence-corrected chi connectivity index (χ1v) is 6.47. The lowest BCUT2D eigenvalue weighted by Gasteiger charge is -2.12. The van der Waals surface area contributed by atoms with Crippen LogP contribution in [0.25, 0.3) is 0 Å². The zero-order chi connectivity index (χ0) is 15.6. The Hall–Kier alpha value is -1.95. The van der Waals surface area contributed by atoms with Crippen molar-refractivity contribution >= 4 is 23.1 Å². The lowest BCUT2D eigenvalue weighted by atomic mass is 10.1. The monoisotopic (exact) mass is 315 g/mol. The van der Waals surface area contributed by atoms with Crippen molar-refractivity contribution in [3.63, 3.8) is 0 Å². The summed E-state index contributed by atoms with van der Waals surface area (Å²) in [5.41, 5.74) is 7.40. The number of aromatic nitrogens is 1. The first kappa shape index (κ1) is 15.4. The van der Waals surface area contributed by atoms with E-state index in [0.717, 1.165) is 23.4 Å². The topological polar surface area (TPSA) is 50.9 Å². The average Bonchev–Trinajstić information content (AvgIpc) is 2.40. The van der Waals surface area contributed by atoms with Crippen molar-refractivity contribution in [2.75, 3.05) is 11.1 Å². The minimum absolute atomic E-state index is 0.0774. The van der Waals surface area contributed by atoms with Crippen LogP contribution >= 0.6 is 11.6 Å². The van der Waals surface area contributed by atoms with Crippen molar-refractivity contribution in [3.05, 3.63) is 52.2 Å². The summed E-state index contributed by atoms with van der Waals surface area (Å²) in [6.45, 7) is 2.24. The standard InChI is InChI=1S/C14H13ClF3N3/c1-8-9(3-2-4-12(8)19)6-20-13-11(15)5-10(7-21-13)14(16,17)18/h2-5,7H,6,19H2,1H3,(H,20,21). The minimum Gasteiger partial charge on any atom is -0.399 e. The van der Waals surface area contributed by atoms with Crippen LogP contribution in [0.5, 0.6) is 0 Å². The number of pyridine rings is 1. The third-order valence-corrected chi connectivity index (χ3v) is 3.39. The van der Waals surface area contributed by atoms with E-state index in [4.69, 9.17) is 17.3 Å². The highest BCUT2D eigenvalue weighted by atomic mass is 35.5. The van der Waals surface area contributed by atoms with Crippen LogP contribution in [0.3, 0.4) is 0 Å². The molecule has 7 heteroatoms. The van der Waals surface area contributed by atoms with E-state index in [2.05, 4.69) is 10.3 Å². The average molecular weight is 316 g/mol. The molecule has 0 aliphatic rings. The van der Waals surface area contributed by atoms with Crippen LogP contribution in [-0.2, 0) is 12.7 Å². The molecule has 0 spiro atoms. The van der Waals surface area contributed by atoms with Crippen LogP contribution in [0.2, 0.25) is 5.02 Å². The molecule has 0 fully saturated rings. The number of alkyl halides is 3. The summed E-state index contributed by atoms with van der Waals surface area (Å²) in [6, 6.07) is 6.31. The molecule has 1 aromatic carbocycles. The fraction of sp³-hybridized carbons (Fsp3) is 0.214. The van der Waals surface area contributed by atoms with Crippen LogP contribution in [0, 0.1) is 6.92 Å². The molecule has 3 N–H and O–H groups in total. The summed E-state index contributed by atoms with van der Waals surface area (Å²) in [5, 5.41) is 2.83. The molecular formula is C14H13ClF3N3. The molecule has 112 valence electrons. The first-order valence-electron chi connectivity index (χ1n) is 6.09. The maximum Gasteiger partial charge on any atom is 0.417 e. The SMILES string of the molecule is Cc1c(N)cccc1CNc1ncc(C(F)(F)F)cc1Cl. The zero-order valence-corrected chi connectivity index (χ0v) is 11.9. The van der Waals surface area contributed by atoms with Gasteiger partial charge in [0.15, 0.2) is 0 Å². The van der Waals surface area contributed by atoms with Crippen molar-refractivity contribution in [2.24, 2.45) is 0 Å². The number of nitrogens with two attached hydrogens (primary N) is 1. The van der Waals surface area contributed by atoms with E-state index in [0.29, 0.717) is 12.2 Å². The number of nitrogen functional groups attached to an aromatic ring is 1. The second kappa shape index (κ2) is 5.81. The van der Waals surface area contributed by atoms with Crippen molar-refractivity contribution in [2.45, 2.75) is 19.6 Å². The summed E-state index contributed by atoms with van der Waals surface area (Å²) in [5.74, 6) is 0.200. The third kappa shape index (κ3) is 3.58. The van der Waals surface area contributed by atoms with Crippen molar-refractivity contribution in [1.29, 1.82) is 0 Å². The van der Waals surface area contributed by atoms with Gasteiger partial charge in [-0.2, -0.15) is 13.2 Å². The summed E-state index contributed by atoms with van der Waals surface area (Å²) >= 11 is 5.82. The third-order valence-electron chi connectivity index (χ3n) is 3.10. The molecular weight excluding hydrogens is 303 g/mol. The Morgan fingerprint density at radius 2 is 2.05 bits per heavy atom. The summed E-state index contributed by atoms with van der Waals surface area (Å²) < 4.78 is 37.5. The van der Waals surface area contributed by atoms with Crippen LogP contribution in [0.4, 0.5) is 24.7 Å². The quantitative estimate of drug-likeness (QED) is 0.832. The molecule has 0 atom stereocenters. The molecule has 0 saturated carbocycles. The number of anilines is 2. The number of hydrogen-bond donors (Lipinski definition) is 2. The summed E-state index contributed by atoms with van der Waals surface area (Å²) in [6.07, 6.45) is -3.71. The van der Waals surface area contributed by atoms with Crippen LogP contribution in [0.1, 0.15) is 16.7 Å². The van der Waals surface area contributed by atoms with Gasteiger partial charge in [0.05, 0.1) is 10.6 Å². The van der Waals surface area contributed by atoms with Gasteiger partial charge in [0.2, 0.25) is 0 Å². The maximum absolute atomic E-state index is 12.5. The van der Waals surface area contributed by atoms with Gasteiger partial charge >= 0.3 is 6.18 Å². The molecule has 1 heterocycles. The van der Waals surface area contributed by atoms with Crippen molar-refractivity contribution < 1.29 is 13.2 Å². The highest BCUT2D eigenvalue weighted by Gasteiger charge is 2.31. The molecule has 0 amide bonds. The Morgan fingerprint density at radius 1 is 1.33 bits per heavy atom.